The summed E-state index contributed by atoms with van der Waals surface area (Å²) >= 11 is 7.74. The Hall–Kier alpha value is -6.18. The number of hydrogen-bond acceptors (Lipinski definition) is 12. The van der Waals surface area contributed by atoms with Crippen molar-refractivity contribution in [1.82, 2.24) is 0 Å². The van der Waals surface area contributed by atoms with Gasteiger partial charge in [0.05, 0.1) is 52.9 Å². The van der Waals surface area contributed by atoms with Gasteiger partial charge in [-0.1, -0.05) is 312 Å². The maximum atomic E-state index is 6.91. The quantitative estimate of drug-likeness (QED) is 0.0349. The van der Waals surface area contributed by atoms with Crippen LogP contribution in [-0.4, -0.2) is 52.9 Å². The average molecular weight is 1680 g/mol. The molecule has 0 spiro atoms. The second-order valence-corrected chi connectivity index (χ2v) is 37.9. The summed E-state index contributed by atoms with van der Waals surface area (Å²) in [5.74, 6) is 6.76. The Balaban J connectivity index is 1.17. The minimum absolute atomic E-state index is 0.667. The minimum Gasteiger partial charge on any atom is -0.490 e. The zero-order valence-corrected chi connectivity index (χ0v) is 78.0. The van der Waals surface area contributed by atoms with E-state index in [2.05, 4.69) is 152 Å². The summed E-state index contributed by atoms with van der Waals surface area (Å²) in [4.78, 5) is 4.87. The van der Waals surface area contributed by atoms with Crippen molar-refractivity contribution in [2.75, 3.05) is 52.9 Å². The fourth-order valence-electron chi connectivity index (χ4n) is 16.4. The number of fused-ring (bicyclic) bond motifs is 11. The molecule has 0 N–H and O–H groups in total. The van der Waals surface area contributed by atoms with E-state index >= 15 is 0 Å². The molecule has 0 atom stereocenters. The lowest BCUT2D eigenvalue weighted by atomic mass is 9.99. The van der Waals surface area contributed by atoms with Gasteiger partial charge in [0.25, 0.3) is 0 Å². The third-order valence-corrected chi connectivity index (χ3v) is 28.4. The van der Waals surface area contributed by atoms with Crippen LogP contribution < -0.4 is 37.9 Å². The van der Waals surface area contributed by atoms with Gasteiger partial charge in [-0.15, -0.1) is 45.3 Å². The number of rotatable bonds is 68. The number of hydrogen-bond donors (Lipinski definition) is 0. The summed E-state index contributed by atoms with van der Waals surface area (Å²) in [6.07, 6.45) is 58.2. The Bertz CT molecular complexity index is 3880. The van der Waals surface area contributed by atoms with Crippen molar-refractivity contribution in [3.63, 3.8) is 0 Å². The van der Waals surface area contributed by atoms with Crippen molar-refractivity contribution in [3.8, 4) is 87.8 Å². The highest BCUT2D eigenvalue weighted by molar-refractivity contribution is 7.30. The van der Waals surface area contributed by atoms with Crippen LogP contribution in [0, 0.1) is 0 Å². The Morgan fingerprint density at radius 3 is 0.492 bits per heavy atom. The number of thiophene rings is 4. The van der Waals surface area contributed by atoms with Crippen molar-refractivity contribution >= 4 is 96.5 Å². The van der Waals surface area contributed by atoms with Crippen molar-refractivity contribution < 1.29 is 37.9 Å². The molecule has 4 heterocycles. The zero-order valence-electron chi connectivity index (χ0n) is 74.7. The molecular weight excluding hydrogens is 1530 g/mol. The van der Waals surface area contributed by atoms with Gasteiger partial charge >= 0.3 is 0 Å². The lowest BCUT2D eigenvalue weighted by Gasteiger charge is -2.14. The second kappa shape index (κ2) is 55.0. The molecule has 0 radical (unpaired) electrons. The van der Waals surface area contributed by atoms with Gasteiger partial charge in [0.1, 0.15) is 0 Å². The van der Waals surface area contributed by atoms with Crippen LogP contribution in [0.3, 0.4) is 0 Å². The zero-order chi connectivity index (χ0) is 82.4. The SMILES string of the molecule is CCCCCCCCOc1ccc(-c2cc3c4cc(-c5ccc(OCCCCCCCC)c(OCCCCCCCC)c5)sc4c4c5sc(-c6ccc(OCCCCCCCC)c(OCCCCCCCC)c6)cc5c5cc(-c6ccc(OCCCCCCCC)c(OCCCCCCCC)c6)sc5c4c3s2)cc1OCCCCCCCC. The molecule has 10 aromatic rings. The van der Waals surface area contributed by atoms with E-state index in [4.69, 9.17) is 37.9 Å². The van der Waals surface area contributed by atoms with Gasteiger partial charge in [-0.25, -0.2) is 0 Å². The summed E-state index contributed by atoms with van der Waals surface area (Å²) < 4.78 is 59.8. The average Bonchev–Trinajstić information content (AvgIpc) is 1.53. The summed E-state index contributed by atoms with van der Waals surface area (Å²) in [5.41, 5.74) is 4.59. The van der Waals surface area contributed by atoms with E-state index in [1.165, 1.54) is 327 Å². The summed E-state index contributed by atoms with van der Waals surface area (Å²) in [7, 11) is 0. The Labute approximate surface area is 730 Å². The fraction of sp³-hybridized carbons (Fsp3) is 0.604. The molecule has 0 aliphatic heterocycles. The summed E-state index contributed by atoms with van der Waals surface area (Å²) in [5, 5.41) is 7.73. The highest BCUT2D eigenvalue weighted by Crippen LogP contribution is 2.57. The number of benzene rings is 6. The van der Waals surface area contributed by atoms with Crippen LogP contribution >= 0.6 is 45.3 Å². The Kier molecular flexibility index (Phi) is 43.9. The van der Waals surface area contributed by atoms with E-state index < -0.39 is 0 Å². The number of ether oxygens (including phenoxy) is 8. The first-order valence-electron chi connectivity index (χ1n) is 48.2. The topological polar surface area (TPSA) is 73.8 Å². The van der Waals surface area contributed by atoms with Crippen LogP contribution in [0.25, 0.3) is 92.9 Å². The first kappa shape index (κ1) is 94.1. The molecule has 0 saturated carbocycles. The normalized spacial score (nSPS) is 11.8. The molecule has 10 rings (SSSR count). The van der Waals surface area contributed by atoms with E-state index in [0.29, 0.717) is 52.9 Å². The molecule has 0 amide bonds. The molecule has 0 fully saturated rings. The number of unbranched alkanes of at least 4 members (excludes halogenated alkanes) is 40. The van der Waals surface area contributed by atoms with Crippen LogP contribution in [0.15, 0.2) is 97.1 Å². The largest absolute Gasteiger partial charge is 0.490 e. The molecule has 0 bridgehead atoms. The predicted molar refractivity (Wildman–Crippen MR) is 518 cm³/mol. The molecule has 0 saturated heterocycles. The smallest absolute Gasteiger partial charge is 0.161 e. The van der Waals surface area contributed by atoms with Crippen molar-refractivity contribution in [1.29, 1.82) is 0 Å². The molecule has 8 nitrogen and oxygen atoms in total. The first-order valence-corrected chi connectivity index (χ1v) is 51.5. The van der Waals surface area contributed by atoms with Crippen LogP contribution in [0.4, 0.5) is 0 Å². The van der Waals surface area contributed by atoms with Gasteiger partial charge < -0.3 is 37.9 Å². The molecule has 118 heavy (non-hydrogen) atoms. The van der Waals surface area contributed by atoms with Crippen molar-refractivity contribution in [3.05, 3.63) is 97.1 Å². The van der Waals surface area contributed by atoms with Gasteiger partial charge in [-0.2, -0.15) is 0 Å². The van der Waals surface area contributed by atoms with Crippen LogP contribution in [0.2, 0.25) is 0 Å². The molecule has 0 aliphatic carbocycles. The van der Waals surface area contributed by atoms with Gasteiger partial charge in [0.15, 0.2) is 46.0 Å². The van der Waals surface area contributed by atoms with Crippen molar-refractivity contribution in [2.45, 2.75) is 364 Å². The van der Waals surface area contributed by atoms with Crippen LogP contribution in [0.5, 0.6) is 46.0 Å². The third-order valence-electron chi connectivity index (χ3n) is 23.6. The highest BCUT2D eigenvalue weighted by atomic mass is 32.1. The predicted octanol–water partition coefficient (Wildman–Crippen LogP) is 36.3. The fourth-order valence-corrected chi connectivity index (χ4v) is 21.5. The second-order valence-electron chi connectivity index (χ2n) is 33.7. The van der Waals surface area contributed by atoms with E-state index in [1.807, 2.05) is 45.3 Å². The lowest BCUT2D eigenvalue weighted by Crippen LogP contribution is -2.03. The standard InChI is InChI=1S/C106H152O8S4/c1-9-17-25-33-41-49-65-107-89-61-57-81(73-93(89)111-69-53-45-37-29-21-13-5)97-77-85-86-78-98(82-58-62-90(108-66-50-42-34-26-18-10-2)94(74-82)112-70-54-46-38-30-22-14-6)116-104(86)102-101(103(85)115-97)105-87(79-99(117-105)83-59-63-91(109-67-51-43-35-27-19-11-3)95(75-83)113-71-55-47-39-31-23-15-7)88-80-100(118-106(88)102)84-60-64-92(110-68-52-44-36-28-20-12-4)96(76-84)114-72-56-48-40-32-24-16-8/h57-64,73-80H,9-56,65-72H2,1-8H3. The third kappa shape index (κ3) is 29.5. The molecule has 0 unspecified atom stereocenters. The maximum Gasteiger partial charge on any atom is 0.161 e. The monoisotopic (exact) mass is 1680 g/mol. The van der Waals surface area contributed by atoms with Gasteiger partial charge in [-0.3, -0.25) is 0 Å². The molecule has 4 aromatic heterocycles. The minimum atomic E-state index is 0.667. The maximum absolute atomic E-state index is 6.91. The van der Waals surface area contributed by atoms with E-state index in [9.17, 15) is 0 Å². The molecule has 648 valence electrons. The van der Waals surface area contributed by atoms with Gasteiger partial charge in [-0.05, 0) is 171 Å². The molecule has 12 heteroatoms. The summed E-state index contributed by atoms with van der Waals surface area (Å²) in [6.45, 7) is 23.7. The van der Waals surface area contributed by atoms with E-state index in [0.717, 1.165) is 120 Å². The van der Waals surface area contributed by atoms with Gasteiger partial charge in [0, 0.05) is 70.6 Å². The lowest BCUT2D eigenvalue weighted by molar-refractivity contribution is 0.258. The summed E-state index contributed by atoms with van der Waals surface area (Å²) in [6, 6.07) is 37.2. The Morgan fingerprint density at radius 2 is 0.322 bits per heavy atom. The van der Waals surface area contributed by atoms with Crippen LogP contribution in [-0.2, 0) is 0 Å². The van der Waals surface area contributed by atoms with Gasteiger partial charge in [0.2, 0.25) is 0 Å². The first-order chi connectivity index (χ1) is 58.3. The van der Waals surface area contributed by atoms with E-state index in [-0.39, 0.29) is 0 Å². The molecule has 6 aromatic carbocycles. The van der Waals surface area contributed by atoms with Crippen LogP contribution in [0.1, 0.15) is 364 Å². The van der Waals surface area contributed by atoms with E-state index in [1.54, 1.807) is 0 Å². The van der Waals surface area contributed by atoms with Crippen molar-refractivity contribution in [2.24, 2.45) is 0 Å². The molecule has 0 aliphatic rings. The Morgan fingerprint density at radius 1 is 0.169 bits per heavy atom. The highest BCUT2D eigenvalue weighted by Gasteiger charge is 2.27. The molecular formula is C106H152O8S4.